The van der Waals surface area contributed by atoms with Gasteiger partial charge in [0.15, 0.2) is 0 Å². The molecule has 0 saturated carbocycles. The molecule has 0 unspecified atom stereocenters. The number of hydrogen-bond acceptors (Lipinski definition) is 21. The molecule has 0 aromatic carbocycles. The minimum absolute atomic E-state index is 0. The maximum atomic E-state index is 9.88. The van der Waals surface area contributed by atoms with Crippen LogP contribution in [0.25, 0.3) is 0 Å². The van der Waals surface area contributed by atoms with Gasteiger partial charge in [-0.05, 0) is 19.3 Å². The van der Waals surface area contributed by atoms with Crippen LogP contribution in [0.4, 0.5) is 0 Å². The second-order valence-corrected chi connectivity index (χ2v) is 10.2. The average molecular weight is 890 g/mol. The van der Waals surface area contributed by atoms with Crippen LogP contribution in [-0.2, 0) is 74.9 Å². The second kappa shape index (κ2) is 39.2. The third kappa shape index (κ3) is 59.2. The predicted octanol–water partition coefficient (Wildman–Crippen LogP) is -9.60. The molecule has 30 nitrogen and oxygen atoms in total. The first kappa shape index (κ1) is 66.7. The van der Waals surface area contributed by atoms with Gasteiger partial charge in [0, 0.05) is 37.4 Å². The maximum absolute atomic E-state index is 9.88. The van der Waals surface area contributed by atoms with Crippen LogP contribution in [0.15, 0.2) is 0 Å². The number of carboxylic acid groups (broad SMARTS) is 12. The van der Waals surface area contributed by atoms with Crippen LogP contribution in [0.1, 0.15) is 57.8 Å². The van der Waals surface area contributed by atoms with Gasteiger partial charge in [-0.2, -0.15) is 0 Å². The zero-order valence-electron chi connectivity index (χ0n) is 29.8. The number of carbonyl (C=O) groups excluding carboxylic acids is 3. The molecule has 0 amide bonds. The van der Waals surface area contributed by atoms with Crippen molar-refractivity contribution < 1.29 is 136 Å². The molecule has 0 heterocycles. The molecular weight excluding hydrogens is 844 g/mol. The zero-order valence-corrected chi connectivity index (χ0v) is 31.1. The molecule has 0 aliphatic carbocycles. The van der Waals surface area contributed by atoms with Crippen molar-refractivity contribution in [1.82, 2.24) is 0 Å². The fourth-order valence-corrected chi connectivity index (χ4v) is 2.02. The topological polar surface area (TPSA) is 612 Å². The molecule has 6 atom stereocenters. The van der Waals surface area contributed by atoms with Gasteiger partial charge >= 0.3 is 71.1 Å². The van der Waals surface area contributed by atoms with Crippen LogP contribution in [0.5, 0.6) is 0 Å². The molecular formula is C27H45CrN6O24. The molecule has 0 spiro atoms. The zero-order chi connectivity index (χ0) is 46.8. The van der Waals surface area contributed by atoms with E-state index in [1.807, 2.05) is 0 Å². The van der Waals surface area contributed by atoms with E-state index in [0.717, 1.165) is 0 Å². The summed E-state index contributed by atoms with van der Waals surface area (Å²) in [6.45, 7) is 0. The van der Waals surface area contributed by atoms with E-state index in [4.69, 9.17) is 80.4 Å². The van der Waals surface area contributed by atoms with Crippen molar-refractivity contribution in [3.8, 4) is 0 Å². The van der Waals surface area contributed by atoms with Crippen LogP contribution in [-0.4, -0.2) is 154 Å². The molecule has 0 bridgehead atoms. The molecule has 333 valence electrons. The van der Waals surface area contributed by atoms with E-state index in [9.17, 15) is 72.9 Å². The Morgan fingerprint density at radius 2 is 0.483 bits per heavy atom. The largest absolute Gasteiger partial charge is 3.00 e. The Labute approximate surface area is 336 Å². The van der Waals surface area contributed by atoms with E-state index in [0.29, 0.717) is 0 Å². The molecule has 31 heteroatoms. The van der Waals surface area contributed by atoms with E-state index in [-0.39, 0.29) is 55.9 Å². The molecule has 1 radical (unpaired) electrons. The Morgan fingerprint density at radius 1 is 0.328 bits per heavy atom. The average Bonchev–Trinajstić information content (AvgIpc) is 3.05. The van der Waals surface area contributed by atoms with Crippen LogP contribution in [0.2, 0.25) is 0 Å². The number of nitrogens with two attached hydrogens (primary N) is 6. The van der Waals surface area contributed by atoms with E-state index in [1.54, 1.807) is 0 Å². The Balaban J connectivity index is -0.000000107. The van der Waals surface area contributed by atoms with E-state index in [1.165, 1.54) is 0 Å². The number of hydrogen-bond donors (Lipinski definition) is 15. The monoisotopic (exact) mass is 889 g/mol. The fraction of sp³-hybridized carbons (Fsp3) is 0.556. The van der Waals surface area contributed by atoms with Gasteiger partial charge < -0.3 is 110 Å². The predicted molar refractivity (Wildman–Crippen MR) is 173 cm³/mol. The quantitative estimate of drug-likeness (QED) is 0.0509. The normalized spacial score (nSPS) is 12.3. The molecule has 0 aromatic rings. The summed E-state index contributed by atoms with van der Waals surface area (Å²) in [4.78, 5) is 118. The fourth-order valence-electron chi connectivity index (χ4n) is 2.02. The first-order valence-electron chi connectivity index (χ1n) is 14.9. The molecule has 0 rings (SSSR count). The molecule has 58 heavy (non-hydrogen) atoms. The van der Waals surface area contributed by atoms with E-state index in [2.05, 4.69) is 0 Å². The van der Waals surface area contributed by atoms with Gasteiger partial charge in [0.2, 0.25) is 0 Å². The van der Waals surface area contributed by atoms with Crippen LogP contribution >= 0.6 is 0 Å². The Morgan fingerprint density at radius 3 is 0.552 bits per heavy atom. The molecule has 0 aromatic heterocycles. The summed E-state index contributed by atoms with van der Waals surface area (Å²) in [5.41, 5.74) is 29.3. The van der Waals surface area contributed by atoms with Crippen molar-refractivity contribution in [2.75, 3.05) is 0 Å². The number of carboxylic acids is 12. The summed E-state index contributed by atoms with van der Waals surface area (Å²) >= 11 is 0. The smallest absolute Gasteiger partial charge is 0.548 e. The molecule has 0 fully saturated rings. The SMILES string of the molecule is N[C@@H](CC(=O)O)C(=O)O.N[C@@H](CC(=O)O)C(=O)O.N[C@@H](CC(=O)O)C(=O)O.N[C@@H](CCC(=O)O)C(=O)[O-].N[C@@H](CCC(=O)O)C(=O)[O-].N[C@@H](CCC(=O)O)C(=O)[O-].[Cr+3]. The Kier molecular flexibility index (Phi) is 45.1. The van der Waals surface area contributed by atoms with Crippen molar-refractivity contribution in [3.05, 3.63) is 0 Å². The molecule has 0 saturated heterocycles. The first-order valence-corrected chi connectivity index (χ1v) is 14.9. The molecule has 21 N–H and O–H groups in total. The van der Waals surface area contributed by atoms with Gasteiger partial charge in [-0.3, -0.25) is 43.2 Å². The van der Waals surface area contributed by atoms with Gasteiger partial charge in [-0.1, -0.05) is 0 Å². The third-order valence-electron chi connectivity index (χ3n) is 5.05. The van der Waals surface area contributed by atoms with E-state index >= 15 is 0 Å². The van der Waals surface area contributed by atoms with Crippen molar-refractivity contribution in [2.45, 2.75) is 94.0 Å². The van der Waals surface area contributed by atoms with Crippen LogP contribution in [0, 0.1) is 0 Å². The summed E-state index contributed by atoms with van der Waals surface area (Å²) < 4.78 is 0. The standard InChI is InChI=1S/3C5H9NO4.3C4H7NO4.Cr/c3*6-3(5(9)10)1-2-4(7)8;3*5-2(4(8)9)1-3(6)7;/h3*3H,1-2,6H2,(H,7,8)(H,9,10);3*2H,1,5H2,(H,6,7)(H,8,9);/q;;;;;;+3/p-3/t3*3-;3*2-;/m000000./s1. The van der Waals surface area contributed by atoms with Crippen molar-refractivity contribution in [1.29, 1.82) is 0 Å². The number of rotatable bonds is 21. The van der Waals surface area contributed by atoms with Crippen LogP contribution < -0.4 is 49.7 Å². The molecule has 0 aliphatic heterocycles. The van der Waals surface area contributed by atoms with E-state index < -0.39 is 127 Å². The van der Waals surface area contributed by atoms with Gasteiger partial charge in [0.05, 0.1) is 37.2 Å². The van der Waals surface area contributed by atoms with Crippen LogP contribution in [0.3, 0.4) is 0 Å². The summed E-state index contributed by atoms with van der Waals surface area (Å²) in [5.74, 6) is -14.9. The van der Waals surface area contributed by atoms with Gasteiger partial charge in [-0.25, -0.2) is 0 Å². The van der Waals surface area contributed by atoms with Crippen molar-refractivity contribution in [3.63, 3.8) is 0 Å². The number of carbonyl (C=O) groups is 12. The van der Waals surface area contributed by atoms with Gasteiger partial charge in [0.1, 0.15) is 18.1 Å². The maximum Gasteiger partial charge on any atom is 3.00 e. The van der Waals surface area contributed by atoms with Gasteiger partial charge in [0.25, 0.3) is 0 Å². The van der Waals surface area contributed by atoms with Crippen molar-refractivity contribution >= 4 is 71.6 Å². The minimum atomic E-state index is -1.42. The summed E-state index contributed by atoms with van der Waals surface area (Å²) in [6.07, 6.45) is -2.58. The third-order valence-corrected chi connectivity index (χ3v) is 5.05. The summed E-state index contributed by atoms with van der Waals surface area (Å²) in [5, 5.41) is 102. The number of aliphatic carboxylic acids is 12. The summed E-state index contributed by atoms with van der Waals surface area (Å²) in [6, 6.07) is -7.38. The van der Waals surface area contributed by atoms with Gasteiger partial charge in [-0.15, -0.1) is 0 Å². The summed E-state index contributed by atoms with van der Waals surface area (Å²) in [7, 11) is 0. The first-order chi connectivity index (χ1) is 25.7. The van der Waals surface area contributed by atoms with Crippen molar-refractivity contribution in [2.24, 2.45) is 34.4 Å². The second-order valence-electron chi connectivity index (χ2n) is 10.2. The Hall–Kier alpha value is -6.07. The molecule has 0 aliphatic rings. The minimum Gasteiger partial charge on any atom is -0.548 e. The Bertz CT molecular complexity index is 1190.